The first-order chi connectivity index (χ1) is 5.75. The number of amides is 1. The molecule has 0 unspecified atom stereocenters. The standard InChI is InChI=1S/C9H9NOS/c1-3-5-10(2)9(11)8-4-6-12-7-8/h1,4,6-7H,5H2,2H3. The lowest BCUT2D eigenvalue weighted by Crippen LogP contribution is -2.26. The van der Waals surface area contributed by atoms with E-state index in [1.807, 2.05) is 10.8 Å². The average Bonchev–Trinajstić information content (AvgIpc) is 2.55. The van der Waals surface area contributed by atoms with Gasteiger partial charge in [-0.3, -0.25) is 4.79 Å². The third kappa shape index (κ3) is 1.86. The van der Waals surface area contributed by atoms with Crippen LogP contribution in [0, 0.1) is 12.3 Å². The maximum absolute atomic E-state index is 11.4. The van der Waals surface area contributed by atoms with Crippen molar-refractivity contribution in [3.05, 3.63) is 22.4 Å². The Hall–Kier alpha value is -1.27. The summed E-state index contributed by atoms with van der Waals surface area (Å²) in [7, 11) is 1.69. The molecule has 0 aliphatic rings. The van der Waals surface area contributed by atoms with Crippen molar-refractivity contribution in [1.29, 1.82) is 0 Å². The molecule has 62 valence electrons. The van der Waals surface area contributed by atoms with Crippen LogP contribution in [0.3, 0.4) is 0 Å². The largest absolute Gasteiger partial charge is 0.331 e. The third-order valence-electron chi connectivity index (χ3n) is 1.44. The fourth-order valence-corrected chi connectivity index (χ4v) is 1.45. The topological polar surface area (TPSA) is 20.3 Å². The summed E-state index contributed by atoms with van der Waals surface area (Å²) in [5, 5.41) is 3.69. The maximum Gasteiger partial charge on any atom is 0.255 e. The van der Waals surface area contributed by atoms with Gasteiger partial charge in [-0.15, -0.1) is 6.42 Å². The second-order valence-electron chi connectivity index (χ2n) is 2.38. The zero-order valence-electron chi connectivity index (χ0n) is 6.78. The van der Waals surface area contributed by atoms with Crippen molar-refractivity contribution in [3.8, 4) is 12.3 Å². The Morgan fingerprint density at radius 3 is 3.08 bits per heavy atom. The first-order valence-corrected chi connectivity index (χ1v) is 4.41. The molecular formula is C9H9NOS. The van der Waals surface area contributed by atoms with Crippen LogP contribution in [-0.2, 0) is 0 Å². The fraction of sp³-hybridized carbons (Fsp3) is 0.222. The molecule has 0 bridgehead atoms. The number of rotatable bonds is 2. The molecule has 1 rings (SSSR count). The van der Waals surface area contributed by atoms with Gasteiger partial charge in [0.1, 0.15) is 0 Å². The predicted molar refractivity (Wildman–Crippen MR) is 50.1 cm³/mol. The molecule has 0 radical (unpaired) electrons. The molecule has 0 fully saturated rings. The Balaban J connectivity index is 2.67. The molecule has 2 nitrogen and oxygen atoms in total. The van der Waals surface area contributed by atoms with Crippen LogP contribution in [0.2, 0.25) is 0 Å². The molecule has 0 N–H and O–H groups in total. The highest BCUT2D eigenvalue weighted by Gasteiger charge is 2.09. The molecular weight excluding hydrogens is 170 g/mol. The number of carbonyl (C=O) groups excluding carboxylic acids is 1. The lowest BCUT2D eigenvalue weighted by Gasteiger charge is -2.11. The van der Waals surface area contributed by atoms with Crippen molar-refractivity contribution in [3.63, 3.8) is 0 Å². The van der Waals surface area contributed by atoms with Crippen molar-refractivity contribution < 1.29 is 4.79 Å². The molecule has 0 aliphatic heterocycles. The highest BCUT2D eigenvalue weighted by atomic mass is 32.1. The van der Waals surface area contributed by atoms with E-state index in [9.17, 15) is 4.79 Å². The number of nitrogens with zero attached hydrogens (tertiary/aromatic N) is 1. The van der Waals surface area contributed by atoms with Gasteiger partial charge in [-0.25, -0.2) is 0 Å². The Labute approximate surface area is 75.8 Å². The SMILES string of the molecule is C#CCN(C)C(=O)c1ccsc1. The van der Waals surface area contributed by atoms with Crippen molar-refractivity contribution in [2.45, 2.75) is 0 Å². The van der Waals surface area contributed by atoms with Gasteiger partial charge in [0.2, 0.25) is 0 Å². The molecule has 1 amide bonds. The summed E-state index contributed by atoms with van der Waals surface area (Å²) in [5.74, 6) is 2.40. The van der Waals surface area contributed by atoms with Gasteiger partial charge < -0.3 is 4.90 Å². The van der Waals surface area contributed by atoms with Crippen LogP contribution < -0.4 is 0 Å². The second-order valence-corrected chi connectivity index (χ2v) is 3.16. The van der Waals surface area contributed by atoms with E-state index in [2.05, 4.69) is 5.92 Å². The monoisotopic (exact) mass is 179 g/mol. The maximum atomic E-state index is 11.4. The molecule has 0 aliphatic carbocycles. The minimum Gasteiger partial charge on any atom is -0.331 e. The first-order valence-electron chi connectivity index (χ1n) is 3.47. The number of hydrogen-bond acceptors (Lipinski definition) is 2. The molecule has 1 aromatic heterocycles. The van der Waals surface area contributed by atoms with Crippen LogP contribution in [0.1, 0.15) is 10.4 Å². The minimum absolute atomic E-state index is 0.0193. The Morgan fingerprint density at radius 2 is 2.58 bits per heavy atom. The van der Waals surface area contributed by atoms with Crippen molar-refractivity contribution in [1.82, 2.24) is 4.90 Å². The lowest BCUT2D eigenvalue weighted by atomic mass is 10.3. The molecule has 0 saturated carbocycles. The normalized spacial score (nSPS) is 9.00. The van der Waals surface area contributed by atoms with Crippen molar-refractivity contribution in [2.24, 2.45) is 0 Å². The Morgan fingerprint density at radius 1 is 1.83 bits per heavy atom. The van der Waals surface area contributed by atoms with Crippen molar-refractivity contribution in [2.75, 3.05) is 13.6 Å². The number of terminal acetylenes is 1. The summed E-state index contributed by atoms with van der Waals surface area (Å²) in [6.45, 7) is 0.356. The van der Waals surface area contributed by atoms with E-state index in [4.69, 9.17) is 6.42 Å². The van der Waals surface area contributed by atoms with Gasteiger partial charge in [0, 0.05) is 12.4 Å². The van der Waals surface area contributed by atoms with Gasteiger partial charge >= 0.3 is 0 Å². The van der Waals surface area contributed by atoms with Crippen LogP contribution in [0.15, 0.2) is 16.8 Å². The highest BCUT2D eigenvalue weighted by Crippen LogP contribution is 2.07. The first kappa shape index (κ1) is 8.82. The predicted octanol–water partition coefficient (Wildman–Crippen LogP) is 1.45. The van der Waals surface area contributed by atoms with Crippen LogP contribution in [-0.4, -0.2) is 24.4 Å². The Bertz CT molecular complexity index is 297. The van der Waals surface area contributed by atoms with Crippen LogP contribution >= 0.6 is 11.3 Å². The summed E-state index contributed by atoms with van der Waals surface area (Å²) in [6, 6.07) is 1.79. The lowest BCUT2D eigenvalue weighted by molar-refractivity contribution is 0.0813. The molecule has 1 heterocycles. The van der Waals surface area contributed by atoms with E-state index in [0.717, 1.165) is 0 Å². The number of thiophene rings is 1. The van der Waals surface area contributed by atoms with Gasteiger partial charge in [-0.2, -0.15) is 11.3 Å². The zero-order valence-corrected chi connectivity index (χ0v) is 7.60. The molecule has 1 aromatic rings. The number of hydrogen-bond donors (Lipinski definition) is 0. The van der Waals surface area contributed by atoms with Gasteiger partial charge in [0.15, 0.2) is 0 Å². The van der Waals surface area contributed by atoms with Crippen LogP contribution in [0.5, 0.6) is 0 Å². The molecule has 0 aromatic carbocycles. The molecule has 12 heavy (non-hydrogen) atoms. The summed E-state index contributed by atoms with van der Waals surface area (Å²) in [5.41, 5.74) is 0.706. The summed E-state index contributed by atoms with van der Waals surface area (Å²) < 4.78 is 0. The third-order valence-corrected chi connectivity index (χ3v) is 2.13. The van der Waals surface area contributed by atoms with Gasteiger partial charge in [-0.05, 0) is 11.4 Å². The van der Waals surface area contributed by atoms with Gasteiger partial charge in [0.05, 0.1) is 12.1 Å². The number of carbonyl (C=O) groups is 1. The zero-order chi connectivity index (χ0) is 8.97. The summed E-state index contributed by atoms with van der Waals surface area (Å²) in [4.78, 5) is 12.9. The smallest absolute Gasteiger partial charge is 0.255 e. The van der Waals surface area contributed by atoms with Crippen molar-refractivity contribution >= 4 is 17.2 Å². The Kier molecular flexibility index (Phi) is 2.89. The van der Waals surface area contributed by atoms with E-state index in [1.54, 1.807) is 13.1 Å². The fourth-order valence-electron chi connectivity index (χ4n) is 0.815. The summed E-state index contributed by atoms with van der Waals surface area (Å²) in [6.07, 6.45) is 5.08. The molecule has 3 heteroatoms. The van der Waals surface area contributed by atoms with E-state index in [-0.39, 0.29) is 5.91 Å². The quantitative estimate of drug-likeness (QED) is 0.629. The molecule has 0 saturated heterocycles. The highest BCUT2D eigenvalue weighted by molar-refractivity contribution is 7.08. The minimum atomic E-state index is -0.0193. The van der Waals surface area contributed by atoms with Gasteiger partial charge in [0.25, 0.3) is 5.91 Å². The van der Waals surface area contributed by atoms with E-state index in [1.165, 1.54) is 16.2 Å². The molecule has 0 spiro atoms. The van der Waals surface area contributed by atoms with Crippen LogP contribution in [0.25, 0.3) is 0 Å². The van der Waals surface area contributed by atoms with E-state index >= 15 is 0 Å². The summed E-state index contributed by atoms with van der Waals surface area (Å²) >= 11 is 1.50. The second kappa shape index (κ2) is 3.93. The average molecular weight is 179 g/mol. The van der Waals surface area contributed by atoms with Crippen LogP contribution in [0.4, 0.5) is 0 Å². The molecule has 0 atom stereocenters. The van der Waals surface area contributed by atoms with E-state index < -0.39 is 0 Å². The van der Waals surface area contributed by atoms with Gasteiger partial charge in [-0.1, -0.05) is 5.92 Å². The van der Waals surface area contributed by atoms with E-state index in [0.29, 0.717) is 12.1 Å².